The molecule has 42 heavy (non-hydrogen) atoms. The van der Waals surface area contributed by atoms with Crippen molar-refractivity contribution >= 4 is 22.2 Å². The molecule has 2 saturated carbocycles. The van der Waals surface area contributed by atoms with E-state index in [9.17, 15) is 18.0 Å². The predicted octanol–water partition coefficient (Wildman–Crippen LogP) is 4.74. The van der Waals surface area contributed by atoms with Crippen molar-refractivity contribution in [3.05, 3.63) is 29.1 Å². The van der Waals surface area contributed by atoms with Gasteiger partial charge in [0.2, 0.25) is 0 Å². The highest BCUT2D eigenvalue weighted by molar-refractivity contribution is 7.87. The second-order valence-corrected chi connectivity index (χ2v) is 14.8. The highest BCUT2D eigenvalue weighted by Crippen LogP contribution is 2.45. The maximum absolute atomic E-state index is 15.1. The summed E-state index contributed by atoms with van der Waals surface area (Å²) in [7, 11) is -4.17. The van der Waals surface area contributed by atoms with Crippen molar-refractivity contribution in [1.29, 1.82) is 0 Å². The van der Waals surface area contributed by atoms with E-state index in [1.165, 1.54) is 29.3 Å². The standard InChI is InChI=1S/C30H44FN3O7S/c1-30(2,3)41-29(36)33-13-10-23(18-33)40-22-11-14-34(15-12-22)42(37,38)32-28(35)25-16-24(21-8-9-21)27(17-26(25)31)39-19-20-6-4-5-7-20/h16-17,20-23H,4-15,18-19H2,1-3H3,(H,32,35)/t23-/m0/s1. The van der Waals surface area contributed by atoms with E-state index in [2.05, 4.69) is 4.72 Å². The molecule has 10 nitrogen and oxygen atoms in total. The number of halogens is 1. The van der Waals surface area contributed by atoms with Crippen molar-refractivity contribution < 1.29 is 36.6 Å². The molecule has 12 heteroatoms. The minimum atomic E-state index is -4.17. The van der Waals surface area contributed by atoms with Gasteiger partial charge in [-0.05, 0) is 89.2 Å². The smallest absolute Gasteiger partial charge is 0.410 e. The lowest BCUT2D eigenvalue weighted by molar-refractivity contribution is -0.0307. The van der Waals surface area contributed by atoms with Gasteiger partial charge in [-0.3, -0.25) is 4.79 Å². The molecule has 0 bridgehead atoms. The van der Waals surface area contributed by atoms with Crippen LogP contribution >= 0.6 is 0 Å². The Morgan fingerprint density at radius 1 is 0.976 bits per heavy atom. The third kappa shape index (κ3) is 7.93. The van der Waals surface area contributed by atoms with Gasteiger partial charge < -0.3 is 19.1 Å². The van der Waals surface area contributed by atoms with Gasteiger partial charge in [0.25, 0.3) is 5.91 Å². The van der Waals surface area contributed by atoms with Crippen LogP contribution in [-0.2, 0) is 19.7 Å². The van der Waals surface area contributed by atoms with Gasteiger partial charge in [0.05, 0.1) is 30.9 Å². The molecule has 2 saturated heterocycles. The van der Waals surface area contributed by atoms with Crippen LogP contribution in [0.4, 0.5) is 9.18 Å². The first kappa shape index (κ1) is 31.0. The van der Waals surface area contributed by atoms with Crippen LogP contribution in [0.1, 0.15) is 100 Å². The fraction of sp³-hybridized carbons (Fsp3) is 0.733. The quantitative estimate of drug-likeness (QED) is 0.430. The summed E-state index contributed by atoms with van der Waals surface area (Å²) in [5, 5.41) is 0. The van der Waals surface area contributed by atoms with Crippen molar-refractivity contribution in [3.8, 4) is 5.75 Å². The molecule has 1 atom stereocenters. The molecule has 4 aliphatic rings. The van der Waals surface area contributed by atoms with Gasteiger partial charge in [0, 0.05) is 25.7 Å². The zero-order valence-electron chi connectivity index (χ0n) is 24.9. The molecule has 1 aromatic rings. The number of carbonyl (C=O) groups excluding carboxylic acids is 2. The Bertz CT molecular complexity index is 1250. The minimum absolute atomic E-state index is 0.140. The van der Waals surface area contributed by atoms with E-state index >= 15 is 4.39 Å². The maximum Gasteiger partial charge on any atom is 0.410 e. The molecule has 0 radical (unpaired) electrons. The molecule has 0 aromatic heterocycles. The van der Waals surface area contributed by atoms with Crippen molar-refractivity contribution in [2.24, 2.45) is 5.92 Å². The highest BCUT2D eigenvalue weighted by atomic mass is 32.2. The maximum atomic E-state index is 15.1. The number of hydrogen-bond donors (Lipinski definition) is 1. The lowest BCUT2D eigenvalue weighted by atomic mass is 10.0. The monoisotopic (exact) mass is 609 g/mol. The Morgan fingerprint density at radius 2 is 1.64 bits per heavy atom. The highest BCUT2D eigenvalue weighted by Gasteiger charge is 2.36. The summed E-state index contributed by atoms with van der Waals surface area (Å²) in [5.41, 5.74) is -0.0867. The first-order chi connectivity index (χ1) is 19.9. The van der Waals surface area contributed by atoms with E-state index in [0.717, 1.165) is 31.2 Å². The molecule has 0 spiro atoms. The number of piperidine rings is 1. The molecule has 234 valence electrons. The summed E-state index contributed by atoms with van der Waals surface area (Å²) < 4.78 is 62.1. The van der Waals surface area contributed by atoms with E-state index in [4.69, 9.17) is 14.2 Å². The zero-order chi connectivity index (χ0) is 30.1. The minimum Gasteiger partial charge on any atom is -0.493 e. The number of nitrogens with one attached hydrogen (secondary N) is 1. The Balaban J connectivity index is 1.13. The molecule has 1 aromatic carbocycles. The second kappa shape index (κ2) is 12.7. The topological polar surface area (TPSA) is 114 Å². The summed E-state index contributed by atoms with van der Waals surface area (Å²) >= 11 is 0. The number of benzene rings is 1. The van der Waals surface area contributed by atoms with Gasteiger partial charge in [-0.1, -0.05) is 12.8 Å². The van der Waals surface area contributed by atoms with Gasteiger partial charge in [0.15, 0.2) is 0 Å². The van der Waals surface area contributed by atoms with Crippen molar-refractivity contribution in [2.75, 3.05) is 32.8 Å². The molecule has 4 fully saturated rings. The van der Waals surface area contributed by atoms with E-state index in [1.54, 1.807) is 4.90 Å². The Morgan fingerprint density at radius 3 is 2.29 bits per heavy atom. The molecule has 2 amide bonds. The normalized spacial score (nSPS) is 22.9. The average molecular weight is 610 g/mol. The van der Waals surface area contributed by atoms with Crippen LogP contribution in [0.2, 0.25) is 0 Å². The van der Waals surface area contributed by atoms with Crippen molar-refractivity contribution in [2.45, 2.75) is 102 Å². The van der Waals surface area contributed by atoms with Crippen LogP contribution in [0.3, 0.4) is 0 Å². The number of hydrogen-bond acceptors (Lipinski definition) is 7. The Kier molecular flexibility index (Phi) is 9.34. The van der Waals surface area contributed by atoms with E-state index in [-0.39, 0.29) is 42.9 Å². The third-order valence-corrected chi connectivity index (χ3v) is 9.94. The fourth-order valence-corrected chi connectivity index (χ4v) is 7.18. The lowest BCUT2D eigenvalue weighted by Crippen LogP contribution is -2.48. The molecular weight excluding hydrogens is 565 g/mol. The zero-order valence-corrected chi connectivity index (χ0v) is 25.7. The van der Waals surface area contributed by atoms with E-state index < -0.39 is 27.5 Å². The predicted molar refractivity (Wildman–Crippen MR) is 154 cm³/mol. The van der Waals surface area contributed by atoms with Crippen LogP contribution in [0.5, 0.6) is 5.75 Å². The van der Waals surface area contributed by atoms with Crippen LogP contribution in [0, 0.1) is 11.7 Å². The summed E-state index contributed by atoms with van der Waals surface area (Å²) in [6.45, 7) is 7.31. The Labute approximate surface area is 248 Å². The number of carbonyl (C=O) groups is 2. The molecule has 0 unspecified atom stereocenters. The largest absolute Gasteiger partial charge is 0.493 e. The molecule has 1 N–H and O–H groups in total. The van der Waals surface area contributed by atoms with Gasteiger partial charge in [-0.25, -0.2) is 13.9 Å². The fourth-order valence-electron chi connectivity index (χ4n) is 6.02. The molecule has 5 rings (SSSR count). The number of rotatable bonds is 9. The second-order valence-electron chi connectivity index (χ2n) is 13.1. The third-order valence-electron chi connectivity index (χ3n) is 8.45. The van der Waals surface area contributed by atoms with E-state index in [1.807, 2.05) is 20.8 Å². The first-order valence-corrected chi connectivity index (χ1v) is 16.7. The van der Waals surface area contributed by atoms with Crippen LogP contribution < -0.4 is 9.46 Å². The van der Waals surface area contributed by atoms with Gasteiger partial charge in [-0.2, -0.15) is 12.7 Å². The van der Waals surface area contributed by atoms with Gasteiger partial charge in [-0.15, -0.1) is 0 Å². The molecule has 2 heterocycles. The molecule has 2 aliphatic carbocycles. The summed E-state index contributed by atoms with van der Waals surface area (Å²) in [6, 6.07) is 2.70. The molecule has 2 aliphatic heterocycles. The van der Waals surface area contributed by atoms with Crippen LogP contribution in [0.25, 0.3) is 0 Å². The van der Waals surface area contributed by atoms with Gasteiger partial charge >= 0.3 is 16.3 Å². The summed E-state index contributed by atoms with van der Waals surface area (Å²) in [6.07, 6.45) is 7.37. The number of amides is 2. The SMILES string of the molecule is CC(C)(C)OC(=O)N1CC[C@H](OC2CCN(S(=O)(=O)NC(=O)c3cc(C4CC4)c(OCC4CCCC4)cc3F)CC2)C1. The van der Waals surface area contributed by atoms with Crippen molar-refractivity contribution in [1.82, 2.24) is 13.9 Å². The summed E-state index contributed by atoms with van der Waals surface area (Å²) in [4.78, 5) is 27.0. The number of likely N-dealkylation sites (tertiary alicyclic amines) is 1. The van der Waals surface area contributed by atoms with Gasteiger partial charge in [0.1, 0.15) is 17.2 Å². The summed E-state index contributed by atoms with van der Waals surface area (Å²) in [5.74, 6) is -0.656. The lowest BCUT2D eigenvalue weighted by Gasteiger charge is -2.32. The average Bonchev–Trinajstić information content (AvgIpc) is 3.41. The first-order valence-electron chi connectivity index (χ1n) is 15.3. The van der Waals surface area contributed by atoms with E-state index in [0.29, 0.717) is 50.6 Å². The number of nitrogens with zero attached hydrogens (tertiary/aromatic N) is 2. The van der Waals surface area contributed by atoms with Crippen LogP contribution in [-0.4, -0.2) is 80.2 Å². The Hall–Kier alpha value is -2.44. The van der Waals surface area contributed by atoms with Crippen molar-refractivity contribution in [3.63, 3.8) is 0 Å². The number of ether oxygens (including phenoxy) is 3. The van der Waals surface area contributed by atoms with Crippen LogP contribution in [0.15, 0.2) is 12.1 Å². The molecular formula is C30H44FN3O7S.